The summed E-state index contributed by atoms with van der Waals surface area (Å²) >= 11 is 0. The maximum Gasteiger partial charge on any atom is -0.0348 e. The number of allylic oxidation sites excluding steroid dienone is 4. The van der Waals surface area contributed by atoms with E-state index < -0.39 is 0 Å². The third-order valence-electron chi connectivity index (χ3n) is 2.37. The predicted molar refractivity (Wildman–Crippen MR) is 65.2 cm³/mol. The topological polar surface area (TPSA) is 0 Å². The van der Waals surface area contributed by atoms with Gasteiger partial charge in [0.2, 0.25) is 0 Å². The maximum absolute atomic E-state index is 2.98. The second-order valence-corrected chi connectivity index (χ2v) is 3.79. The lowest BCUT2D eigenvalue weighted by Crippen LogP contribution is -1.78. The number of rotatable bonds is 9. The fourth-order valence-electron chi connectivity index (χ4n) is 1.48. The molecule has 0 heteroatoms. The second-order valence-electron chi connectivity index (χ2n) is 3.79. The van der Waals surface area contributed by atoms with Crippen molar-refractivity contribution in [2.45, 2.75) is 65.2 Å². The van der Waals surface area contributed by atoms with Crippen molar-refractivity contribution in [2.24, 2.45) is 0 Å². The monoisotopic (exact) mass is 193 g/mol. The van der Waals surface area contributed by atoms with Gasteiger partial charge in [0.05, 0.1) is 0 Å². The summed E-state index contributed by atoms with van der Waals surface area (Å²) in [5.74, 6) is 0. The van der Waals surface area contributed by atoms with Gasteiger partial charge in [0.1, 0.15) is 0 Å². The molecule has 0 aliphatic rings. The van der Waals surface area contributed by atoms with Crippen molar-refractivity contribution in [1.82, 2.24) is 0 Å². The Morgan fingerprint density at radius 3 is 2.21 bits per heavy atom. The minimum Gasteiger partial charge on any atom is -0.0845 e. The average Bonchev–Trinajstić information content (AvgIpc) is 2.21. The van der Waals surface area contributed by atoms with Crippen LogP contribution in [0.2, 0.25) is 0 Å². The Balaban J connectivity index is 2.98. The Hall–Kier alpha value is -0.520. The van der Waals surface area contributed by atoms with E-state index in [1.54, 1.807) is 0 Å². The predicted octanol–water partition coefficient (Wildman–Crippen LogP) is 5.06. The van der Waals surface area contributed by atoms with E-state index in [0.29, 0.717) is 0 Å². The summed E-state index contributed by atoms with van der Waals surface area (Å²) in [6.45, 7) is 4.20. The Kier molecular flexibility index (Phi) is 12.0. The number of hydrogen-bond acceptors (Lipinski definition) is 0. The van der Waals surface area contributed by atoms with Gasteiger partial charge in [-0.2, -0.15) is 0 Å². The van der Waals surface area contributed by atoms with E-state index in [9.17, 15) is 0 Å². The molecule has 0 rings (SSSR count). The Morgan fingerprint density at radius 2 is 1.57 bits per heavy atom. The maximum atomic E-state index is 2.98. The minimum absolute atomic E-state index is 1.23. The number of unbranched alkanes of at least 4 members (excludes halogenated alkanes) is 7. The van der Waals surface area contributed by atoms with Gasteiger partial charge in [0, 0.05) is 0 Å². The van der Waals surface area contributed by atoms with Crippen molar-refractivity contribution in [2.75, 3.05) is 0 Å². The molecular formula is C14H25. The van der Waals surface area contributed by atoms with Crippen LogP contribution in [0.5, 0.6) is 0 Å². The van der Waals surface area contributed by atoms with Gasteiger partial charge in [-0.15, -0.1) is 0 Å². The molecule has 0 unspecified atom stereocenters. The highest BCUT2D eigenvalue weighted by molar-refractivity contribution is 4.97. The highest BCUT2D eigenvalue weighted by atomic mass is 13.9. The highest BCUT2D eigenvalue weighted by Crippen LogP contribution is 2.08. The molecule has 0 saturated heterocycles. The van der Waals surface area contributed by atoms with Crippen molar-refractivity contribution < 1.29 is 0 Å². The summed E-state index contributed by atoms with van der Waals surface area (Å²) in [5.41, 5.74) is 0. The standard InChI is InChI=1S/C14H25/c1-3-5-7-9-11-13-14-12-10-8-6-4-2/h6,8,10H,3,5,7,9,11-14H2,1-2H3/b6-4?,10-8+. The molecule has 81 valence electrons. The van der Waals surface area contributed by atoms with Crippen LogP contribution in [-0.2, 0) is 0 Å². The zero-order chi connectivity index (χ0) is 10.5. The molecule has 0 aromatic heterocycles. The van der Waals surface area contributed by atoms with Gasteiger partial charge in [0.15, 0.2) is 0 Å². The largest absolute Gasteiger partial charge is 0.0845 e. The van der Waals surface area contributed by atoms with Crippen LogP contribution in [0.3, 0.4) is 0 Å². The first-order valence-electron chi connectivity index (χ1n) is 6.07. The fraction of sp³-hybridized carbons (Fsp3) is 0.714. The summed E-state index contributed by atoms with van der Waals surface area (Å²) in [5, 5.41) is 0. The summed E-state index contributed by atoms with van der Waals surface area (Å²) in [7, 11) is 0. The van der Waals surface area contributed by atoms with Crippen molar-refractivity contribution >= 4 is 0 Å². The van der Waals surface area contributed by atoms with E-state index in [1.807, 2.05) is 13.0 Å². The molecule has 0 aromatic carbocycles. The van der Waals surface area contributed by atoms with Gasteiger partial charge in [-0.25, -0.2) is 0 Å². The highest BCUT2D eigenvalue weighted by Gasteiger charge is 1.88. The van der Waals surface area contributed by atoms with Crippen LogP contribution < -0.4 is 0 Å². The third-order valence-corrected chi connectivity index (χ3v) is 2.37. The van der Waals surface area contributed by atoms with Crippen LogP contribution in [-0.4, -0.2) is 0 Å². The minimum atomic E-state index is 1.23. The summed E-state index contributed by atoms with van der Waals surface area (Å²) in [6, 6.07) is 0. The van der Waals surface area contributed by atoms with Crippen LogP contribution in [0.15, 0.2) is 18.2 Å². The van der Waals surface area contributed by atoms with Gasteiger partial charge < -0.3 is 0 Å². The molecular weight excluding hydrogens is 168 g/mol. The Morgan fingerprint density at radius 1 is 0.929 bits per heavy atom. The van der Waals surface area contributed by atoms with Crippen LogP contribution in [0.25, 0.3) is 0 Å². The Labute approximate surface area is 90.1 Å². The molecule has 0 aromatic rings. The van der Waals surface area contributed by atoms with E-state index in [0.717, 1.165) is 0 Å². The SMILES string of the molecule is C/[C]=C\C=C\CCCCCCCCC. The first kappa shape index (κ1) is 13.5. The molecule has 0 saturated carbocycles. The van der Waals surface area contributed by atoms with Crippen LogP contribution in [0, 0.1) is 6.08 Å². The van der Waals surface area contributed by atoms with Crippen LogP contribution >= 0.6 is 0 Å². The molecule has 0 spiro atoms. The third kappa shape index (κ3) is 11.5. The van der Waals surface area contributed by atoms with Crippen molar-refractivity contribution in [1.29, 1.82) is 0 Å². The molecule has 0 amide bonds. The lowest BCUT2D eigenvalue weighted by atomic mass is 10.1. The molecule has 0 heterocycles. The van der Waals surface area contributed by atoms with Gasteiger partial charge in [0.25, 0.3) is 0 Å². The van der Waals surface area contributed by atoms with E-state index in [-0.39, 0.29) is 0 Å². The first-order valence-corrected chi connectivity index (χ1v) is 6.07. The molecule has 1 radical (unpaired) electrons. The van der Waals surface area contributed by atoms with E-state index in [4.69, 9.17) is 0 Å². The first-order chi connectivity index (χ1) is 6.91. The second kappa shape index (κ2) is 12.5. The van der Waals surface area contributed by atoms with Crippen molar-refractivity contribution in [3.05, 3.63) is 24.3 Å². The smallest absolute Gasteiger partial charge is 0.0348 e. The molecule has 0 fully saturated rings. The fourth-order valence-corrected chi connectivity index (χ4v) is 1.48. The number of hydrogen-bond donors (Lipinski definition) is 0. The molecule has 0 atom stereocenters. The van der Waals surface area contributed by atoms with Gasteiger partial charge in [-0.05, 0) is 25.8 Å². The van der Waals surface area contributed by atoms with E-state index in [1.165, 1.54) is 51.4 Å². The van der Waals surface area contributed by atoms with Gasteiger partial charge >= 0.3 is 0 Å². The van der Waals surface area contributed by atoms with Crippen molar-refractivity contribution in [3.63, 3.8) is 0 Å². The quantitative estimate of drug-likeness (QED) is 0.354. The Bertz CT molecular complexity index is 142. The normalized spacial score (nSPS) is 11.9. The van der Waals surface area contributed by atoms with E-state index >= 15 is 0 Å². The molecule has 14 heavy (non-hydrogen) atoms. The lowest BCUT2D eigenvalue weighted by Gasteiger charge is -1.98. The summed E-state index contributed by atoms with van der Waals surface area (Å²) < 4.78 is 0. The van der Waals surface area contributed by atoms with Gasteiger partial charge in [-0.1, -0.05) is 63.7 Å². The zero-order valence-electron chi connectivity index (χ0n) is 9.89. The molecule has 0 bridgehead atoms. The molecule has 0 aliphatic heterocycles. The molecule has 0 nitrogen and oxygen atoms in total. The summed E-state index contributed by atoms with van der Waals surface area (Å²) in [6.07, 6.45) is 20.3. The van der Waals surface area contributed by atoms with E-state index in [2.05, 4.69) is 25.2 Å². The van der Waals surface area contributed by atoms with Crippen LogP contribution in [0.4, 0.5) is 0 Å². The average molecular weight is 193 g/mol. The lowest BCUT2D eigenvalue weighted by molar-refractivity contribution is 0.592. The van der Waals surface area contributed by atoms with Crippen LogP contribution in [0.1, 0.15) is 65.2 Å². The summed E-state index contributed by atoms with van der Waals surface area (Å²) in [4.78, 5) is 0. The molecule has 0 aliphatic carbocycles. The van der Waals surface area contributed by atoms with Gasteiger partial charge in [-0.3, -0.25) is 0 Å². The zero-order valence-corrected chi connectivity index (χ0v) is 9.89. The molecule has 0 N–H and O–H groups in total. The van der Waals surface area contributed by atoms with Crippen molar-refractivity contribution in [3.8, 4) is 0 Å².